The summed E-state index contributed by atoms with van der Waals surface area (Å²) in [7, 11) is 1.50. The summed E-state index contributed by atoms with van der Waals surface area (Å²) in [6.07, 6.45) is 0. The van der Waals surface area contributed by atoms with E-state index in [9.17, 15) is 7.84 Å². The molecule has 1 atom stereocenters. The standard InChI is InChI=1S/C13H13AsO3/c1-17-13-10-6-5-9-12(13)14(15,16)11-7-3-2-4-8-11/h2-10H,1H3,(H,15,16). The van der Waals surface area contributed by atoms with E-state index in [0.717, 1.165) is 0 Å². The van der Waals surface area contributed by atoms with E-state index in [1.54, 1.807) is 48.5 Å². The molecule has 0 fully saturated rings. The summed E-state index contributed by atoms with van der Waals surface area (Å²) >= 11 is -4.28. The average molecular weight is 292 g/mol. The number of benzene rings is 2. The minimum atomic E-state index is -4.28. The Morgan fingerprint density at radius 3 is 2.24 bits per heavy atom. The second kappa shape index (κ2) is 4.82. The fraction of sp³-hybridized carbons (Fsp3) is 0.0769. The Morgan fingerprint density at radius 1 is 1.00 bits per heavy atom. The minimum absolute atomic E-state index is 0.388. The average Bonchev–Trinajstić information content (AvgIpc) is 2.39. The molecule has 0 heterocycles. The van der Waals surface area contributed by atoms with E-state index in [0.29, 0.717) is 14.5 Å². The van der Waals surface area contributed by atoms with Gasteiger partial charge in [-0.25, -0.2) is 0 Å². The molecule has 1 unspecified atom stereocenters. The molecule has 4 heteroatoms. The van der Waals surface area contributed by atoms with E-state index in [4.69, 9.17) is 4.74 Å². The molecule has 88 valence electrons. The van der Waals surface area contributed by atoms with Crippen molar-refractivity contribution in [2.45, 2.75) is 0 Å². The molecule has 0 amide bonds. The Hall–Kier alpha value is -1.44. The second-order valence-electron chi connectivity index (χ2n) is 3.58. The van der Waals surface area contributed by atoms with Crippen molar-refractivity contribution in [1.29, 1.82) is 0 Å². The molecule has 0 aliphatic rings. The molecule has 0 aliphatic heterocycles. The first kappa shape index (κ1) is 12.0. The van der Waals surface area contributed by atoms with Gasteiger partial charge >= 0.3 is 103 Å². The van der Waals surface area contributed by atoms with Gasteiger partial charge < -0.3 is 0 Å². The van der Waals surface area contributed by atoms with Gasteiger partial charge in [0.25, 0.3) is 0 Å². The summed E-state index contributed by atoms with van der Waals surface area (Å²) < 4.78 is 28.8. The molecule has 0 bridgehead atoms. The van der Waals surface area contributed by atoms with Crippen molar-refractivity contribution in [3.8, 4) is 5.75 Å². The van der Waals surface area contributed by atoms with Crippen LogP contribution in [-0.2, 0) is 3.74 Å². The van der Waals surface area contributed by atoms with Crippen LogP contribution in [0.25, 0.3) is 0 Å². The van der Waals surface area contributed by atoms with Gasteiger partial charge in [0.1, 0.15) is 0 Å². The van der Waals surface area contributed by atoms with Crippen molar-refractivity contribution >= 4 is 22.5 Å². The summed E-state index contributed by atoms with van der Waals surface area (Å²) in [5, 5.41) is 0. The predicted octanol–water partition coefficient (Wildman–Crippen LogP) is 0.674. The van der Waals surface area contributed by atoms with Gasteiger partial charge in [-0.15, -0.1) is 0 Å². The van der Waals surface area contributed by atoms with Gasteiger partial charge in [-0.2, -0.15) is 0 Å². The number of hydrogen-bond donors (Lipinski definition) is 1. The molecule has 0 aromatic heterocycles. The van der Waals surface area contributed by atoms with E-state index in [1.807, 2.05) is 6.07 Å². The summed E-state index contributed by atoms with van der Waals surface area (Å²) in [5.74, 6) is 0.460. The number of methoxy groups -OCH3 is 1. The number of para-hydroxylation sites is 1. The van der Waals surface area contributed by atoms with Gasteiger partial charge in [-0.1, -0.05) is 0 Å². The molecule has 2 aromatic rings. The van der Waals surface area contributed by atoms with Crippen LogP contribution in [0.2, 0.25) is 0 Å². The van der Waals surface area contributed by atoms with E-state index in [1.165, 1.54) is 7.11 Å². The molecule has 1 N–H and O–H groups in total. The van der Waals surface area contributed by atoms with Crippen LogP contribution in [0, 0.1) is 0 Å². The van der Waals surface area contributed by atoms with Crippen LogP contribution in [0.4, 0.5) is 0 Å². The summed E-state index contributed by atoms with van der Waals surface area (Å²) in [6, 6.07) is 15.5. The van der Waals surface area contributed by atoms with Crippen LogP contribution >= 0.6 is 0 Å². The first-order valence-electron chi connectivity index (χ1n) is 5.18. The molecule has 0 saturated heterocycles. The van der Waals surface area contributed by atoms with E-state index in [2.05, 4.69) is 0 Å². The molecule has 0 spiro atoms. The third kappa shape index (κ3) is 2.31. The monoisotopic (exact) mass is 292 g/mol. The molecule has 2 rings (SSSR count). The van der Waals surface area contributed by atoms with Crippen LogP contribution in [0.1, 0.15) is 0 Å². The van der Waals surface area contributed by atoms with Crippen molar-refractivity contribution in [1.82, 2.24) is 0 Å². The van der Waals surface area contributed by atoms with Crippen LogP contribution in [0.15, 0.2) is 54.6 Å². The molecule has 2 aromatic carbocycles. The predicted molar refractivity (Wildman–Crippen MR) is 67.4 cm³/mol. The zero-order valence-electron chi connectivity index (χ0n) is 9.41. The number of hydrogen-bond acceptors (Lipinski definition) is 2. The number of ether oxygens (including phenoxy) is 1. The van der Waals surface area contributed by atoms with Crippen molar-refractivity contribution in [2.24, 2.45) is 0 Å². The van der Waals surface area contributed by atoms with Crippen molar-refractivity contribution < 1.29 is 12.6 Å². The Morgan fingerprint density at radius 2 is 1.59 bits per heavy atom. The zero-order valence-corrected chi connectivity index (χ0v) is 11.3. The summed E-state index contributed by atoms with van der Waals surface area (Å²) in [6.45, 7) is 0. The Labute approximate surface area is 103 Å². The molecule has 0 saturated carbocycles. The van der Waals surface area contributed by atoms with Gasteiger partial charge in [0.05, 0.1) is 0 Å². The van der Waals surface area contributed by atoms with Crippen LogP contribution in [0.5, 0.6) is 5.75 Å². The summed E-state index contributed by atoms with van der Waals surface area (Å²) in [5.41, 5.74) is 0. The van der Waals surface area contributed by atoms with Crippen molar-refractivity contribution in [2.75, 3.05) is 7.11 Å². The van der Waals surface area contributed by atoms with Gasteiger partial charge in [-0.3, -0.25) is 0 Å². The molecular weight excluding hydrogens is 279 g/mol. The molecule has 0 radical (unpaired) electrons. The Kier molecular flexibility index (Phi) is 3.41. The first-order chi connectivity index (χ1) is 8.16. The maximum atomic E-state index is 12.5. The Bertz CT molecular complexity index is 552. The fourth-order valence-electron chi connectivity index (χ4n) is 1.65. The first-order valence-corrected chi connectivity index (χ1v) is 8.66. The summed E-state index contributed by atoms with van der Waals surface area (Å²) in [4.78, 5) is 0. The van der Waals surface area contributed by atoms with Crippen molar-refractivity contribution in [3.05, 3.63) is 54.6 Å². The Balaban J connectivity index is 2.56. The van der Waals surface area contributed by atoms with Crippen molar-refractivity contribution in [3.63, 3.8) is 0 Å². The number of rotatable bonds is 3. The van der Waals surface area contributed by atoms with Crippen LogP contribution in [0.3, 0.4) is 0 Å². The molecule has 3 nitrogen and oxygen atoms in total. The van der Waals surface area contributed by atoms with Gasteiger partial charge in [0.2, 0.25) is 0 Å². The normalized spacial score (nSPS) is 14.0. The fourth-order valence-corrected chi connectivity index (χ4v) is 5.02. The molecule has 17 heavy (non-hydrogen) atoms. The SMILES string of the molecule is COc1ccccc1[As](=O)(O)c1ccccc1. The molecule has 0 aliphatic carbocycles. The zero-order chi connectivity index (χ0) is 12.3. The van der Waals surface area contributed by atoms with E-state index >= 15 is 0 Å². The third-order valence-electron chi connectivity index (χ3n) is 2.52. The quantitative estimate of drug-likeness (QED) is 0.846. The second-order valence-corrected chi connectivity index (χ2v) is 8.09. The molecular formula is C13H13AsO3. The van der Waals surface area contributed by atoms with E-state index in [-0.39, 0.29) is 0 Å². The maximum absolute atomic E-state index is 12.5. The van der Waals surface area contributed by atoms with Crippen LogP contribution in [-0.4, -0.2) is 25.0 Å². The van der Waals surface area contributed by atoms with Gasteiger partial charge in [0, 0.05) is 0 Å². The van der Waals surface area contributed by atoms with Gasteiger partial charge in [-0.05, 0) is 0 Å². The topological polar surface area (TPSA) is 46.5 Å². The van der Waals surface area contributed by atoms with Crippen LogP contribution < -0.4 is 13.4 Å². The van der Waals surface area contributed by atoms with E-state index < -0.39 is 13.8 Å². The third-order valence-corrected chi connectivity index (χ3v) is 6.76. The van der Waals surface area contributed by atoms with Gasteiger partial charge in [0.15, 0.2) is 0 Å².